The zero-order valence-corrected chi connectivity index (χ0v) is 19.3. The molecule has 8 nitrogen and oxygen atoms in total. The van der Waals surface area contributed by atoms with Gasteiger partial charge in [0, 0.05) is 18.7 Å². The molecule has 0 saturated heterocycles. The average molecular weight is 475 g/mol. The number of H-pyrrole nitrogens is 1. The Bertz CT molecular complexity index is 1210. The monoisotopic (exact) mass is 475 g/mol. The van der Waals surface area contributed by atoms with Gasteiger partial charge in [0.2, 0.25) is 0 Å². The van der Waals surface area contributed by atoms with Crippen LogP contribution >= 0.6 is 0 Å². The quantitative estimate of drug-likeness (QED) is 0.447. The molecule has 1 aliphatic rings. The van der Waals surface area contributed by atoms with Crippen LogP contribution in [0.25, 0.3) is 10.9 Å². The van der Waals surface area contributed by atoms with Gasteiger partial charge in [-0.1, -0.05) is 6.07 Å². The predicted molar refractivity (Wildman–Crippen MR) is 122 cm³/mol. The van der Waals surface area contributed by atoms with Crippen LogP contribution in [-0.2, 0) is 13.1 Å². The van der Waals surface area contributed by atoms with E-state index in [2.05, 4.69) is 19.6 Å². The minimum Gasteiger partial charge on any atom is -0.493 e. The lowest BCUT2D eigenvalue weighted by Gasteiger charge is -2.22. The summed E-state index contributed by atoms with van der Waals surface area (Å²) in [7, 11) is 3.04. The fraction of sp³-hybridized carbons (Fsp3) is 0.417. The average Bonchev–Trinajstić information content (AvgIpc) is 3.65. The number of alkyl halides is 2. The van der Waals surface area contributed by atoms with Crippen LogP contribution in [0, 0.1) is 0 Å². The Balaban J connectivity index is 1.59. The van der Waals surface area contributed by atoms with Crippen LogP contribution in [0.1, 0.15) is 31.2 Å². The second-order valence-corrected chi connectivity index (χ2v) is 7.97. The molecule has 0 unspecified atom stereocenters. The highest BCUT2D eigenvalue weighted by Gasteiger charge is 2.30. The second kappa shape index (κ2) is 10.3. The summed E-state index contributed by atoms with van der Waals surface area (Å²) in [4.78, 5) is 22.4. The third kappa shape index (κ3) is 5.39. The molecule has 0 spiro atoms. The van der Waals surface area contributed by atoms with Crippen LogP contribution < -0.4 is 24.5 Å². The van der Waals surface area contributed by atoms with E-state index in [-0.39, 0.29) is 17.1 Å². The Morgan fingerprint density at radius 3 is 2.44 bits per heavy atom. The van der Waals surface area contributed by atoms with E-state index in [1.54, 1.807) is 31.2 Å². The number of rotatable bonds is 11. The van der Waals surface area contributed by atoms with Crippen molar-refractivity contribution in [3.63, 3.8) is 0 Å². The fourth-order valence-corrected chi connectivity index (χ4v) is 3.88. The van der Waals surface area contributed by atoms with E-state index in [0.717, 1.165) is 18.4 Å². The van der Waals surface area contributed by atoms with Crippen LogP contribution in [0.5, 0.6) is 23.0 Å². The summed E-state index contributed by atoms with van der Waals surface area (Å²) in [6, 6.07) is 8.59. The Morgan fingerprint density at radius 1 is 1.06 bits per heavy atom. The van der Waals surface area contributed by atoms with Crippen LogP contribution in [0.15, 0.2) is 35.1 Å². The van der Waals surface area contributed by atoms with Gasteiger partial charge in [0.25, 0.3) is 5.56 Å². The molecule has 4 rings (SSSR count). The maximum atomic E-state index is 12.7. The number of methoxy groups -OCH3 is 2. The van der Waals surface area contributed by atoms with E-state index in [4.69, 9.17) is 14.2 Å². The molecule has 0 amide bonds. The van der Waals surface area contributed by atoms with Gasteiger partial charge < -0.3 is 23.9 Å². The summed E-state index contributed by atoms with van der Waals surface area (Å²) >= 11 is 0. The summed E-state index contributed by atoms with van der Waals surface area (Å²) in [6.45, 7) is 0.132. The normalized spacial score (nSPS) is 13.5. The van der Waals surface area contributed by atoms with Gasteiger partial charge in [-0.15, -0.1) is 0 Å². The molecule has 182 valence electrons. The molecule has 3 aromatic rings. The highest BCUT2D eigenvalue weighted by molar-refractivity contribution is 5.81. The molecular formula is C24H27F2N3O5. The smallest absolute Gasteiger partial charge is 0.387 e. The van der Waals surface area contributed by atoms with Crippen molar-refractivity contribution in [1.82, 2.24) is 14.9 Å². The third-order valence-corrected chi connectivity index (χ3v) is 5.59. The Morgan fingerprint density at radius 2 is 1.79 bits per heavy atom. The standard InChI is InChI=1S/C24H27F2N3O5/c1-4-33-21-9-14(5-8-18(21)34-24(25)26)12-29(15-6-7-15)13-22-27-17-11-20(32-3)19(31-2)10-16(17)23(30)28-22/h5,8-11,15,24H,4,6-7,12-13H2,1-3H3,(H,27,28,30). The number of nitrogens with zero attached hydrogens (tertiary/aromatic N) is 2. The van der Waals surface area contributed by atoms with Crippen molar-refractivity contribution < 1.29 is 27.7 Å². The molecule has 1 saturated carbocycles. The SMILES string of the molecule is CCOc1cc(CN(Cc2nc3cc(OC)c(OC)cc3c(=O)[nH]2)C2CC2)ccc1OC(F)F. The van der Waals surface area contributed by atoms with Gasteiger partial charge in [-0.05, 0) is 43.5 Å². The number of aromatic nitrogens is 2. The van der Waals surface area contributed by atoms with Crippen LogP contribution in [-0.4, -0.2) is 48.3 Å². The zero-order valence-electron chi connectivity index (χ0n) is 19.3. The van der Waals surface area contributed by atoms with Crippen molar-refractivity contribution in [2.24, 2.45) is 0 Å². The topological polar surface area (TPSA) is 85.9 Å². The lowest BCUT2D eigenvalue weighted by molar-refractivity contribution is -0.0514. The summed E-state index contributed by atoms with van der Waals surface area (Å²) in [6.07, 6.45) is 2.07. The highest BCUT2D eigenvalue weighted by Crippen LogP contribution is 2.34. The van der Waals surface area contributed by atoms with Gasteiger partial charge in [0.05, 0.1) is 38.3 Å². The molecule has 2 aromatic carbocycles. The number of nitrogens with one attached hydrogen (secondary N) is 1. The lowest BCUT2D eigenvalue weighted by Crippen LogP contribution is -2.27. The number of fused-ring (bicyclic) bond motifs is 1. The summed E-state index contributed by atoms with van der Waals surface area (Å²) in [5.74, 6) is 1.75. The Labute approximate surface area is 195 Å². The van der Waals surface area contributed by atoms with Crippen molar-refractivity contribution >= 4 is 10.9 Å². The van der Waals surface area contributed by atoms with Gasteiger partial charge in [-0.3, -0.25) is 9.69 Å². The minimum absolute atomic E-state index is 0.00322. The first kappa shape index (κ1) is 23.7. The van der Waals surface area contributed by atoms with E-state index in [9.17, 15) is 13.6 Å². The van der Waals surface area contributed by atoms with Crippen molar-refractivity contribution in [3.8, 4) is 23.0 Å². The van der Waals surface area contributed by atoms with Crippen molar-refractivity contribution in [3.05, 3.63) is 52.1 Å². The zero-order chi connectivity index (χ0) is 24.2. The summed E-state index contributed by atoms with van der Waals surface area (Å²) in [5, 5.41) is 0.412. The summed E-state index contributed by atoms with van der Waals surface area (Å²) in [5.41, 5.74) is 1.13. The van der Waals surface area contributed by atoms with Gasteiger partial charge in [0.15, 0.2) is 23.0 Å². The Hall–Kier alpha value is -3.40. The van der Waals surface area contributed by atoms with Crippen LogP contribution in [0.3, 0.4) is 0 Å². The van der Waals surface area contributed by atoms with E-state index in [1.165, 1.54) is 20.3 Å². The number of aromatic amines is 1. The van der Waals surface area contributed by atoms with E-state index in [1.807, 2.05) is 0 Å². The van der Waals surface area contributed by atoms with Crippen molar-refractivity contribution in [1.29, 1.82) is 0 Å². The molecular weight excluding hydrogens is 448 g/mol. The molecule has 0 atom stereocenters. The predicted octanol–water partition coefficient (Wildman–Crippen LogP) is 4.11. The van der Waals surface area contributed by atoms with E-state index < -0.39 is 6.61 Å². The fourth-order valence-electron chi connectivity index (χ4n) is 3.88. The third-order valence-electron chi connectivity index (χ3n) is 5.59. The first-order chi connectivity index (χ1) is 16.4. The van der Waals surface area contributed by atoms with Crippen molar-refractivity contribution in [2.75, 3.05) is 20.8 Å². The molecule has 0 radical (unpaired) electrons. The number of halogens is 2. The highest BCUT2D eigenvalue weighted by atomic mass is 19.3. The van der Waals surface area contributed by atoms with Crippen LogP contribution in [0.2, 0.25) is 0 Å². The first-order valence-electron chi connectivity index (χ1n) is 11.0. The largest absolute Gasteiger partial charge is 0.493 e. The van der Waals surface area contributed by atoms with Gasteiger partial charge in [-0.25, -0.2) is 4.98 Å². The number of hydrogen-bond acceptors (Lipinski definition) is 7. The summed E-state index contributed by atoms with van der Waals surface area (Å²) < 4.78 is 46.1. The molecule has 0 bridgehead atoms. The second-order valence-electron chi connectivity index (χ2n) is 7.97. The number of hydrogen-bond donors (Lipinski definition) is 1. The molecule has 0 aliphatic heterocycles. The van der Waals surface area contributed by atoms with Crippen molar-refractivity contribution in [2.45, 2.75) is 45.5 Å². The van der Waals surface area contributed by atoms with Gasteiger partial charge in [0.1, 0.15) is 5.82 Å². The Kier molecular flexibility index (Phi) is 7.16. The van der Waals surface area contributed by atoms with Gasteiger partial charge >= 0.3 is 6.61 Å². The minimum atomic E-state index is -2.93. The number of benzene rings is 2. The first-order valence-corrected chi connectivity index (χ1v) is 11.0. The molecule has 1 aromatic heterocycles. The lowest BCUT2D eigenvalue weighted by atomic mass is 10.1. The molecule has 10 heteroatoms. The maximum Gasteiger partial charge on any atom is 0.387 e. The van der Waals surface area contributed by atoms with E-state index >= 15 is 0 Å². The molecule has 1 N–H and O–H groups in total. The van der Waals surface area contributed by atoms with E-state index in [0.29, 0.717) is 54.0 Å². The molecule has 34 heavy (non-hydrogen) atoms. The molecule has 1 aliphatic carbocycles. The number of ether oxygens (including phenoxy) is 4. The molecule has 1 fully saturated rings. The molecule has 1 heterocycles. The maximum absolute atomic E-state index is 12.7. The van der Waals surface area contributed by atoms with Crippen LogP contribution in [0.4, 0.5) is 8.78 Å². The van der Waals surface area contributed by atoms with Gasteiger partial charge in [-0.2, -0.15) is 8.78 Å².